The van der Waals surface area contributed by atoms with Crippen LogP contribution in [-0.4, -0.2) is 17.6 Å². The number of phenolic OH excluding ortho intramolecular Hbond substituents is 1. The van der Waals surface area contributed by atoms with Gasteiger partial charge in [0.05, 0.1) is 0 Å². The number of fused-ring (bicyclic) bond motifs is 2. The Bertz CT molecular complexity index is 1330. The van der Waals surface area contributed by atoms with Gasteiger partial charge < -0.3 is 14.8 Å². The first-order valence-electron chi connectivity index (χ1n) is 11.7. The lowest BCUT2D eigenvalue weighted by Crippen LogP contribution is -2.25. The Morgan fingerprint density at radius 2 is 1.82 bits per heavy atom. The average Bonchev–Trinajstić information content (AvgIpc) is 3.33. The Morgan fingerprint density at radius 1 is 1.00 bits per heavy atom. The maximum atomic E-state index is 13.2. The highest BCUT2D eigenvalue weighted by Crippen LogP contribution is 2.41. The van der Waals surface area contributed by atoms with Crippen LogP contribution in [0.2, 0.25) is 0 Å². The summed E-state index contributed by atoms with van der Waals surface area (Å²) in [5.41, 5.74) is 3.18. The van der Waals surface area contributed by atoms with Gasteiger partial charge in [-0.05, 0) is 54.7 Å². The first kappa shape index (κ1) is 21.3. The number of rotatable bonds is 6. The van der Waals surface area contributed by atoms with Gasteiger partial charge in [-0.15, -0.1) is 0 Å². The predicted octanol–water partition coefficient (Wildman–Crippen LogP) is 5.97. The number of hydrogen-bond donors (Lipinski definition) is 2. The smallest absolute Gasteiger partial charge is 0.251 e. The quantitative estimate of drug-likeness (QED) is 0.285. The molecule has 1 aliphatic heterocycles. The molecule has 5 heteroatoms. The lowest BCUT2D eigenvalue weighted by molar-refractivity contribution is 0.0953. The molecule has 1 heterocycles. The van der Waals surface area contributed by atoms with E-state index in [1.54, 1.807) is 18.2 Å². The van der Waals surface area contributed by atoms with Crippen molar-refractivity contribution in [2.45, 2.75) is 38.5 Å². The number of amides is 1. The van der Waals surface area contributed by atoms with Gasteiger partial charge >= 0.3 is 0 Å². The van der Waals surface area contributed by atoms with Crippen LogP contribution >= 0.6 is 0 Å². The molecule has 0 unspecified atom stereocenters. The molecule has 0 saturated heterocycles. The molecule has 0 bridgehead atoms. The molecule has 5 nitrogen and oxygen atoms in total. The van der Waals surface area contributed by atoms with Crippen LogP contribution in [0.25, 0.3) is 33.4 Å². The van der Waals surface area contributed by atoms with Gasteiger partial charge in [0.15, 0.2) is 5.43 Å². The second-order valence-electron chi connectivity index (χ2n) is 8.91. The fourth-order valence-electron chi connectivity index (χ4n) is 5.04. The summed E-state index contributed by atoms with van der Waals surface area (Å²) < 4.78 is 5.94. The van der Waals surface area contributed by atoms with Gasteiger partial charge in [0.1, 0.15) is 17.1 Å². The Balaban J connectivity index is 1.52. The molecule has 2 N–H and O–H groups in total. The zero-order valence-corrected chi connectivity index (χ0v) is 18.5. The van der Waals surface area contributed by atoms with Gasteiger partial charge in [-0.2, -0.15) is 0 Å². The second-order valence-corrected chi connectivity index (χ2v) is 8.91. The van der Waals surface area contributed by atoms with Crippen molar-refractivity contribution in [3.63, 3.8) is 0 Å². The topological polar surface area (TPSA) is 79.5 Å². The van der Waals surface area contributed by atoms with E-state index in [0.29, 0.717) is 23.5 Å². The fourth-order valence-corrected chi connectivity index (χ4v) is 5.04. The highest BCUT2D eigenvalue weighted by atomic mass is 16.3. The molecule has 5 rings (SSSR count). The number of carbonyl (C=O) groups excluding carboxylic acids is 1. The van der Waals surface area contributed by atoms with E-state index in [1.165, 1.54) is 50.3 Å². The summed E-state index contributed by atoms with van der Waals surface area (Å²) in [6.45, 7) is 0.655. The maximum Gasteiger partial charge on any atom is 0.251 e. The molecule has 33 heavy (non-hydrogen) atoms. The maximum absolute atomic E-state index is 13.2. The van der Waals surface area contributed by atoms with Crippen LogP contribution in [0.15, 0.2) is 69.9 Å². The van der Waals surface area contributed by atoms with Crippen LogP contribution in [0.1, 0.15) is 48.9 Å². The molecule has 0 atom stereocenters. The molecule has 1 saturated carbocycles. The Morgan fingerprint density at radius 3 is 2.67 bits per heavy atom. The first-order chi connectivity index (χ1) is 16.1. The van der Waals surface area contributed by atoms with Crippen LogP contribution in [0.5, 0.6) is 5.75 Å². The Labute approximate surface area is 192 Å². The lowest BCUT2D eigenvalue weighted by Gasteiger charge is -2.17. The standard InChI is InChI=1S/C28H27NO4/c30-19-11-13-23-25(16-19)33-26-17-20(31)12-14-24(26)27(23)21-9-3-4-10-22(21)28(32)29-15-5-8-18-6-1-2-7-18/h3-4,9-14,16-18,30H,1-2,5-8,15H2,(H,29,32). The highest BCUT2D eigenvalue weighted by Gasteiger charge is 2.22. The van der Waals surface area contributed by atoms with E-state index < -0.39 is 0 Å². The highest BCUT2D eigenvalue weighted by molar-refractivity contribution is 6.09. The molecule has 168 valence electrons. The third kappa shape index (κ3) is 4.36. The van der Waals surface area contributed by atoms with E-state index in [1.807, 2.05) is 24.3 Å². The van der Waals surface area contributed by atoms with Gasteiger partial charge in [0.2, 0.25) is 0 Å². The molecule has 0 spiro atoms. The SMILES string of the molecule is O=C(NCCCC1CCCC1)c1ccccc1-c1c2ccc(=O)cc-2oc2cc(O)ccc12. The van der Waals surface area contributed by atoms with E-state index in [9.17, 15) is 14.7 Å². The van der Waals surface area contributed by atoms with Crippen molar-refractivity contribution < 1.29 is 14.3 Å². The van der Waals surface area contributed by atoms with Gasteiger partial charge in [-0.1, -0.05) is 43.9 Å². The minimum absolute atomic E-state index is 0.0723. The van der Waals surface area contributed by atoms with Crippen molar-refractivity contribution >= 4 is 16.9 Å². The molecule has 0 aromatic heterocycles. The van der Waals surface area contributed by atoms with Crippen molar-refractivity contribution in [1.29, 1.82) is 0 Å². The van der Waals surface area contributed by atoms with Crippen LogP contribution in [0.3, 0.4) is 0 Å². The summed E-state index contributed by atoms with van der Waals surface area (Å²) >= 11 is 0. The molecule has 0 radical (unpaired) electrons. The minimum Gasteiger partial charge on any atom is -0.508 e. The predicted molar refractivity (Wildman–Crippen MR) is 130 cm³/mol. The van der Waals surface area contributed by atoms with E-state index in [4.69, 9.17) is 4.42 Å². The molecule has 1 amide bonds. The van der Waals surface area contributed by atoms with Gasteiger partial charge in [0, 0.05) is 40.8 Å². The number of carbonyl (C=O) groups is 1. The summed E-state index contributed by atoms with van der Waals surface area (Å²) in [5, 5.41) is 13.8. The minimum atomic E-state index is -0.162. The largest absolute Gasteiger partial charge is 0.508 e. The Kier molecular flexibility index (Phi) is 5.86. The van der Waals surface area contributed by atoms with Crippen LogP contribution in [0.4, 0.5) is 0 Å². The van der Waals surface area contributed by atoms with Crippen molar-refractivity contribution in [2.75, 3.05) is 6.54 Å². The van der Waals surface area contributed by atoms with Crippen molar-refractivity contribution in [1.82, 2.24) is 5.32 Å². The van der Waals surface area contributed by atoms with Crippen LogP contribution in [0, 0.1) is 5.92 Å². The zero-order chi connectivity index (χ0) is 22.8. The van der Waals surface area contributed by atoms with E-state index in [2.05, 4.69) is 5.32 Å². The number of hydrogen-bond acceptors (Lipinski definition) is 4. The number of nitrogens with one attached hydrogen (secondary N) is 1. The molecular weight excluding hydrogens is 414 g/mol. The molecule has 2 aromatic rings. The summed E-state index contributed by atoms with van der Waals surface area (Å²) in [6, 6.07) is 17.1. The molecular formula is C28H27NO4. The summed E-state index contributed by atoms with van der Waals surface area (Å²) in [6.07, 6.45) is 7.45. The molecule has 2 aliphatic carbocycles. The summed E-state index contributed by atoms with van der Waals surface area (Å²) in [7, 11) is 0. The van der Waals surface area contributed by atoms with Crippen LogP contribution in [-0.2, 0) is 0 Å². The second kappa shape index (κ2) is 9.10. The van der Waals surface area contributed by atoms with Crippen molar-refractivity contribution in [2.24, 2.45) is 5.92 Å². The number of benzene rings is 3. The Hall–Kier alpha value is -3.60. The number of aromatic hydroxyl groups is 1. The third-order valence-electron chi connectivity index (χ3n) is 6.67. The molecule has 1 fully saturated rings. The van der Waals surface area contributed by atoms with Gasteiger partial charge in [-0.3, -0.25) is 9.59 Å². The van der Waals surface area contributed by atoms with Gasteiger partial charge in [-0.25, -0.2) is 0 Å². The fraction of sp³-hybridized carbons (Fsp3) is 0.286. The third-order valence-corrected chi connectivity index (χ3v) is 6.67. The first-order valence-corrected chi connectivity index (χ1v) is 11.7. The zero-order valence-electron chi connectivity index (χ0n) is 18.5. The molecule has 3 aliphatic rings. The normalized spacial score (nSPS) is 14.2. The average molecular weight is 442 g/mol. The van der Waals surface area contributed by atoms with E-state index in [-0.39, 0.29) is 17.1 Å². The van der Waals surface area contributed by atoms with Gasteiger partial charge in [0.25, 0.3) is 5.91 Å². The van der Waals surface area contributed by atoms with E-state index in [0.717, 1.165) is 34.4 Å². The monoisotopic (exact) mass is 441 g/mol. The summed E-state index contributed by atoms with van der Waals surface area (Å²) in [5.74, 6) is 1.19. The van der Waals surface area contributed by atoms with Crippen LogP contribution < -0.4 is 10.7 Å². The number of phenols is 1. The molecule has 2 aromatic carbocycles. The summed E-state index contributed by atoms with van der Waals surface area (Å²) in [4.78, 5) is 25.2. The van der Waals surface area contributed by atoms with E-state index >= 15 is 0 Å². The van der Waals surface area contributed by atoms with Crippen molar-refractivity contribution in [3.8, 4) is 28.2 Å². The lowest BCUT2D eigenvalue weighted by atomic mass is 9.90. The van der Waals surface area contributed by atoms with Crippen molar-refractivity contribution in [3.05, 3.63) is 76.5 Å².